The Kier molecular flexibility index (Phi) is 11.4. The van der Waals surface area contributed by atoms with E-state index in [2.05, 4.69) is 22.9 Å². The number of aryl methyl sites for hydroxylation is 2. The van der Waals surface area contributed by atoms with Crippen LogP contribution in [0.2, 0.25) is 5.02 Å². The monoisotopic (exact) mass is 629 g/mol. The highest BCUT2D eigenvalue weighted by atomic mass is 35.5. The van der Waals surface area contributed by atoms with E-state index in [1.165, 1.54) is 36.0 Å². The Labute approximate surface area is 266 Å². The van der Waals surface area contributed by atoms with Crippen LogP contribution < -0.4 is 16.0 Å². The molecule has 9 heteroatoms. The third-order valence-electron chi connectivity index (χ3n) is 6.84. The van der Waals surface area contributed by atoms with Crippen molar-refractivity contribution >= 4 is 58.5 Å². The van der Waals surface area contributed by atoms with Crippen molar-refractivity contribution in [3.63, 3.8) is 0 Å². The van der Waals surface area contributed by atoms with E-state index < -0.39 is 17.6 Å². The number of carbonyl (C=O) groups is 3. The van der Waals surface area contributed by atoms with Crippen molar-refractivity contribution in [2.75, 3.05) is 10.6 Å². The lowest BCUT2D eigenvalue weighted by Gasteiger charge is -2.18. The lowest BCUT2D eigenvalue weighted by molar-refractivity contribution is -0.116. The van der Waals surface area contributed by atoms with Crippen LogP contribution in [0.4, 0.5) is 15.8 Å². The van der Waals surface area contributed by atoms with E-state index >= 15 is 0 Å². The van der Waals surface area contributed by atoms with Crippen LogP contribution >= 0.6 is 23.4 Å². The standard InChI is InChI=1S/C35H33ClFN3O3S/c1-4-23-15-9-12-22(3)32(23)40-35(43)31(5-2)44-26-17-10-16-25(20-26)38-34(42)30(21-27-28(36)18-11-19-29(27)37)39-33(41)24-13-7-6-8-14-24/h6-21,31H,4-5H2,1-3H3,(H,38,42)(H,39,41)(H,40,43)/b30-21+. The van der Waals surface area contributed by atoms with Gasteiger partial charge < -0.3 is 16.0 Å². The summed E-state index contributed by atoms with van der Waals surface area (Å²) in [5, 5.41) is 8.18. The van der Waals surface area contributed by atoms with Gasteiger partial charge in [-0.25, -0.2) is 4.39 Å². The number of rotatable bonds is 11. The summed E-state index contributed by atoms with van der Waals surface area (Å²) < 4.78 is 14.6. The second kappa shape index (κ2) is 15.4. The maximum Gasteiger partial charge on any atom is 0.272 e. The number of amides is 3. The van der Waals surface area contributed by atoms with Crippen LogP contribution in [0.1, 0.15) is 47.3 Å². The first-order chi connectivity index (χ1) is 21.2. The summed E-state index contributed by atoms with van der Waals surface area (Å²) in [6, 6.07) is 25.5. The van der Waals surface area contributed by atoms with Gasteiger partial charge in [0.25, 0.3) is 11.8 Å². The molecule has 0 heterocycles. The summed E-state index contributed by atoms with van der Waals surface area (Å²) in [7, 11) is 0. The summed E-state index contributed by atoms with van der Waals surface area (Å²) >= 11 is 7.60. The van der Waals surface area contributed by atoms with Gasteiger partial charge in [0.2, 0.25) is 5.91 Å². The summed E-state index contributed by atoms with van der Waals surface area (Å²) in [6.07, 6.45) is 2.59. The minimum atomic E-state index is -0.674. The van der Waals surface area contributed by atoms with Crippen LogP contribution in [0.25, 0.3) is 6.08 Å². The topological polar surface area (TPSA) is 87.3 Å². The Morgan fingerprint density at radius 2 is 1.64 bits per heavy atom. The van der Waals surface area contributed by atoms with Gasteiger partial charge in [-0.1, -0.05) is 74.0 Å². The molecule has 0 spiro atoms. The number of hydrogen-bond acceptors (Lipinski definition) is 4. The summed E-state index contributed by atoms with van der Waals surface area (Å²) in [4.78, 5) is 40.4. The predicted octanol–water partition coefficient (Wildman–Crippen LogP) is 8.27. The lowest BCUT2D eigenvalue weighted by Crippen LogP contribution is -2.30. The molecule has 4 aromatic rings. The fraction of sp³-hybridized carbons (Fsp3) is 0.171. The third kappa shape index (κ3) is 8.36. The Morgan fingerprint density at radius 1 is 0.909 bits per heavy atom. The molecule has 4 rings (SSSR count). The van der Waals surface area contributed by atoms with E-state index in [9.17, 15) is 18.8 Å². The first-order valence-electron chi connectivity index (χ1n) is 14.2. The Balaban J connectivity index is 1.54. The number of halogens is 2. The van der Waals surface area contributed by atoms with Gasteiger partial charge >= 0.3 is 0 Å². The fourth-order valence-electron chi connectivity index (χ4n) is 4.47. The Hall–Kier alpha value is -4.40. The maximum absolute atomic E-state index is 14.6. The minimum absolute atomic E-state index is 0.0336. The van der Waals surface area contributed by atoms with E-state index in [4.69, 9.17) is 11.6 Å². The molecule has 0 aliphatic heterocycles. The van der Waals surface area contributed by atoms with Crippen molar-refractivity contribution in [1.29, 1.82) is 0 Å². The molecule has 6 nitrogen and oxygen atoms in total. The van der Waals surface area contributed by atoms with Gasteiger partial charge in [-0.15, -0.1) is 11.8 Å². The summed E-state index contributed by atoms with van der Waals surface area (Å²) in [5.74, 6) is -1.96. The molecular weight excluding hydrogens is 597 g/mol. The lowest BCUT2D eigenvalue weighted by atomic mass is 10.1. The second-order valence-corrected chi connectivity index (χ2v) is 11.6. The van der Waals surface area contributed by atoms with Gasteiger partial charge in [0.05, 0.1) is 10.3 Å². The largest absolute Gasteiger partial charge is 0.325 e. The average Bonchev–Trinajstić information content (AvgIpc) is 3.02. The van der Waals surface area contributed by atoms with Crippen LogP contribution in [-0.4, -0.2) is 23.0 Å². The van der Waals surface area contributed by atoms with E-state index in [1.54, 1.807) is 48.5 Å². The third-order valence-corrected chi connectivity index (χ3v) is 8.53. The van der Waals surface area contributed by atoms with Crippen molar-refractivity contribution in [3.8, 4) is 0 Å². The van der Waals surface area contributed by atoms with Gasteiger partial charge in [0.1, 0.15) is 11.5 Å². The molecular formula is C35H33ClFN3O3S. The quantitative estimate of drug-likeness (QED) is 0.115. The number of nitrogens with one attached hydrogen (secondary N) is 3. The molecule has 226 valence electrons. The van der Waals surface area contributed by atoms with Crippen molar-refractivity contribution in [2.45, 2.75) is 43.8 Å². The van der Waals surface area contributed by atoms with Crippen LogP contribution in [0.3, 0.4) is 0 Å². The van der Waals surface area contributed by atoms with E-state index in [1.807, 2.05) is 38.1 Å². The zero-order valence-corrected chi connectivity index (χ0v) is 26.2. The number of para-hydroxylation sites is 1. The van der Waals surface area contributed by atoms with Crippen LogP contribution in [0, 0.1) is 12.7 Å². The number of hydrogen-bond donors (Lipinski definition) is 3. The van der Waals surface area contributed by atoms with Crippen molar-refractivity contribution < 1.29 is 18.8 Å². The highest BCUT2D eigenvalue weighted by molar-refractivity contribution is 8.00. The normalized spacial score (nSPS) is 11.9. The highest BCUT2D eigenvalue weighted by Gasteiger charge is 2.21. The molecule has 1 unspecified atom stereocenters. The molecule has 0 saturated heterocycles. The van der Waals surface area contributed by atoms with Crippen molar-refractivity contribution in [3.05, 3.63) is 130 Å². The van der Waals surface area contributed by atoms with Crippen LogP contribution in [0.5, 0.6) is 0 Å². The number of benzene rings is 4. The molecule has 0 aliphatic rings. The zero-order valence-electron chi connectivity index (χ0n) is 24.6. The van der Waals surface area contributed by atoms with Gasteiger partial charge in [0, 0.05) is 27.4 Å². The molecule has 3 N–H and O–H groups in total. The molecule has 0 fully saturated rings. The Morgan fingerprint density at radius 3 is 2.34 bits per heavy atom. The van der Waals surface area contributed by atoms with Crippen molar-refractivity contribution in [2.24, 2.45) is 0 Å². The van der Waals surface area contributed by atoms with Gasteiger partial charge in [-0.05, 0) is 79.4 Å². The number of anilines is 2. The van der Waals surface area contributed by atoms with Crippen LogP contribution in [0.15, 0.2) is 102 Å². The van der Waals surface area contributed by atoms with Gasteiger partial charge in [0.15, 0.2) is 0 Å². The summed E-state index contributed by atoms with van der Waals surface area (Å²) in [6.45, 7) is 5.97. The molecule has 0 aliphatic carbocycles. The molecule has 0 saturated carbocycles. The van der Waals surface area contributed by atoms with E-state index in [0.29, 0.717) is 17.7 Å². The molecule has 0 radical (unpaired) electrons. The smallest absolute Gasteiger partial charge is 0.272 e. The number of carbonyl (C=O) groups excluding carboxylic acids is 3. The first kappa shape index (κ1) is 32.5. The molecule has 4 aromatic carbocycles. The van der Waals surface area contributed by atoms with E-state index in [0.717, 1.165) is 28.1 Å². The zero-order chi connectivity index (χ0) is 31.6. The second-order valence-electron chi connectivity index (χ2n) is 9.96. The number of thioether (sulfide) groups is 1. The first-order valence-corrected chi connectivity index (χ1v) is 15.4. The summed E-state index contributed by atoms with van der Waals surface area (Å²) in [5.41, 5.74) is 3.44. The highest BCUT2D eigenvalue weighted by Crippen LogP contribution is 2.30. The SMILES string of the molecule is CCc1cccc(C)c1NC(=O)C(CC)Sc1cccc(NC(=O)/C(=C\c2c(F)cccc2Cl)NC(=O)c2ccccc2)c1. The van der Waals surface area contributed by atoms with Gasteiger partial charge in [-0.3, -0.25) is 14.4 Å². The van der Waals surface area contributed by atoms with Crippen molar-refractivity contribution in [1.82, 2.24) is 5.32 Å². The molecule has 0 bridgehead atoms. The molecule has 3 amide bonds. The predicted molar refractivity (Wildman–Crippen MR) is 177 cm³/mol. The fourth-order valence-corrected chi connectivity index (χ4v) is 5.70. The van der Waals surface area contributed by atoms with E-state index in [-0.39, 0.29) is 27.4 Å². The van der Waals surface area contributed by atoms with Crippen LogP contribution in [-0.2, 0) is 16.0 Å². The van der Waals surface area contributed by atoms with Gasteiger partial charge in [-0.2, -0.15) is 0 Å². The minimum Gasteiger partial charge on any atom is -0.325 e. The average molecular weight is 630 g/mol. The maximum atomic E-state index is 14.6. The Bertz CT molecular complexity index is 1670. The molecule has 1 atom stereocenters. The molecule has 44 heavy (non-hydrogen) atoms. The molecule has 0 aromatic heterocycles.